The Hall–Kier alpha value is -2.61. The molecule has 0 aliphatic carbocycles. The maximum atomic E-state index is 12.1. The van der Waals surface area contributed by atoms with Gasteiger partial charge in [-0.1, -0.05) is 53.2 Å². The van der Waals surface area contributed by atoms with E-state index in [1.807, 2.05) is 6.07 Å². The van der Waals surface area contributed by atoms with Crippen molar-refractivity contribution in [3.63, 3.8) is 0 Å². The monoisotopic (exact) mass is 432 g/mol. The molecule has 1 heterocycles. The van der Waals surface area contributed by atoms with Crippen molar-refractivity contribution in [3.8, 4) is 0 Å². The van der Waals surface area contributed by atoms with Crippen LogP contribution in [-0.2, 0) is 4.79 Å². The van der Waals surface area contributed by atoms with Crippen molar-refractivity contribution in [1.82, 2.24) is 10.2 Å². The Kier molecular flexibility index (Phi) is 6.86. The van der Waals surface area contributed by atoms with Crippen molar-refractivity contribution < 1.29 is 9.59 Å². The van der Waals surface area contributed by atoms with Crippen LogP contribution in [0.25, 0.3) is 0 Å². The molecule has 0 spiro atoms. The SMILES string of the molecule is O=C(CSc1ccc(NC(=O)c2ccccc2)nn1)Nc1cc(Cl)cc(Cl)c1. The zero-order chi connectivity index (χ0) is 19.9. The molecule has 0 aliphatic heterocycles. The van der Waals surface area contributed by atoms with Crippen molar-refractivity contribution >= 4 is 58.3 Å². The summed E-state index contributed by atoms with van der Waals surface area (Å²) in [5, 5.41) is 14.8. The molecule has 0 saturated carbocycles. The summed E-state index contributed by atoms with van der Waals surface area (Å²) in [7, 11) is 0. The molecule has 6 nitrogen and oxygen atoms in total. The van der Waals surface area contributed by atoms with Crippen molar-refractivity contribution in [1.29, 1.82) is 0 Å². The highest BCUT2D eigenvalue weighted by Crippen LogP contribution is 2.23. The van der Waals surface area contributed by atoms with Gasteiger partial charge >= 0.3 is 0 Å². The van der Waals surface area contributed by atoms with Gasteiger partial charge in [0.2, 0.25) is 5.91 Å². The van der Waals surface area contributed by atoms with E-state index in [1.165, 1.54) is 11.8 Å². The summed E-state index contributed by atoms with van der Waals surface area (Å²) in [6.45, 7) is 0. The fraction of sp³-hybridized carbons (Fsp3) is 0.0526. The second kappa shape index (κ2) is 9.54. The van der Waals surface area contributed by atoms with Gasteiger partial charge in [0.15, 0.2) is 5.82 Å². The normalized spacial score (nSPS) is 10.4. The number of carbonyl (C=O) groups excluding carboxylic acids is 2. The highest BCUT2D eigenvalue weighted by Gasteiger charge is 2.09. The Morgan fingerprint density at radius 3 is 2.25 bits per heavy atom. The summed E-state index contributed by atoms with van der Waals surface area (Å²) in [6.07, 6.45) is 0. The van der Waals surface area contributed by atoms with Gasteiger partial charge in [0.1, 0.15) is 5.03 Å². The maximum absolute atomic E-state index is 12.1. The number of thioether (sulfide) groups is 1. The molecule has 0 atom stereocenters. The molecule has 0 aliphatic rings. The number of rotatable bonds is 6. The van der Waals surface area contributed by atoms with Gasteiger partial charge in [0.25, 0.3) is 5.91 Å². The minimum absolute atomic E-state index is 0.133. The van der Waals surface area contributed by atoms with Crippen molar-refractivity contribution in [2.45, 2.75) is 5.03 Å². The van der Waals surface area contributed by atoms with E-state index in [1.54, 1.807) is 54.6 Å². The van der Waals surface area contributed by atoms with Crippen LogP contribution in [0.5, 0.6) is 0 Å². The van der Waals surface area contributed by atoms with E-state index in [0.29, 0.717) is 32.1 Å². The molecule has 9 heteroatoms. The molecular weight excluding hydrogens is 419 g/mol. The molecule has 0 saturated heterocycles. The second-order valence-corrected chi connectivity index (χ2v) is 7.44. The molecule has 3 aromatic rings. The van der Waals surface area contributed by atoms with E-state index in [9.17, 15) is 9.59 Å². The Bertz CT molecular complexity index is 965. The topological polar surface area (TPSA) is 84.0 Å². The van der Waals surface area contributed by atoms with Crippen LogP contribution < -0.4 is 10.6 Å². The Morgan fingerprint density at radius 1 is 0.893 bits per heavy atom. The van der Waals surface area contributed by atoms with Crippen molar-refractivity contribution in [3.05, 3.63) is 76.3 Å². The van der Waals surface area contributed by atoms with Gasteiger partial charge in [-0.05, 0) is 42.5 Å². The zero-order valence-electron chi connectivity index (χ0n) is 14.4. The smallest absolute Gasteiger partial charge is 0.256 e. The fourth-order valence-electron chi connectivity index (χ4n) is 2.20. The lowest BCUT2D eigenvalue weighted by Crippen LogP contribution is -2.14. The first kappa shape index (κ1) is 20.1. The van der Waals surface area contributed by atoms with Crippen LogP contribution in [0, 0.1) is 0 Å². The molecule has 28 heavy (non-hydrogen) atoms. The highest BCUT2D eigenvalue weighted by molar-refractivity contribution is 7.99. The lowest BCUT2D eigenvalue weighted by molar-refractivity contribution is -0.113. The molecule has 0 bridgehead atoms. The van der Waals surface area contributed by atoms with Gasteiger partial charge in [-0.15, -0.1) is 10.2 Å². The average molecular weight is 433 g/mol. The summed E-state index contributed by atoms with van der Waals surface area (Å²) >= 11 is 13.0. The van der Waals surface area contributed by atoms with Gasteiger partial charge in [0.05, 0.1) is 5.75 Å². The number of aromatic nitrogens is 2. The fourth-order valence-corrected chi connectivity index (χ4v) is 3.34. The molecule has 2 amide bonds. The van der Waals surface area contributed by atoms with Crippen molar-refractivity contribution in [2.24, 2.45) is 0 Å². The second-order valence-electron chi connectivity index (χ2n) is 5.57. The first-order chi connectivity index (χ1) is 13.5. The molecule has 1 aromatic heterocycles. The van der Waals surface area contributed by atoms with Gasteiger partial charge in [-0.2, -0.15) is 0 Å². The summed E-state index contributed by atoms with van der Waals surface area (Å²) in [5.74, 6) is -0.0354. The van der Waals surface area contributed by atoms with Crippen LogP contribution in [0.4, 0.5) is 11.5 Å². The zero-order valence-corrected chi connectivity index (χ0v) is 16.7. The van der Waals surface area contributed by atoms with E-state index in [-0.39, 0.29) is 17.6 Å². The van der Waals surface area contributed by atoms with Crippen LogP contribution >= 0.6 is 35.0 Å². The number of carbonyl (C=O) groups is 2. The molecule has 3 rings (SSSR count). The summed E-state index contributed by atoms with van der Waals surface area (Å²) in [4.78, 5) is 24.1. The summed E-state index contributed by atoms with van der Waals surface area (Å²) < 4.78 is 0. The van der Waals surface area contributed by atoms with Crippen molar-refractivity contribution in [2.75, 3.05) is 16.4 Å². The number of amides is 2. The summed E-state index contributed by atoms with van der Waals surface area (Å²) in [5.41, 5.74) is 1.05. The lowest BCUT2D eigenvalue weighted by Gasteiger charge is -2.07. The quantitative estimate of drug-likeness (QED) is 0.548. The maximum Gasteiger partial charge on any atom is 0.256 e. The molecule has 2 aromatic carbocycles. The number of nitrogens with one attached hydrogen (secondary N) is 2. The van der Waals surface area contributed by atoms with Gasteiger partial charge in [-0.25, -0.2) is 0 Å². The highest BCUT2D eigenvalue weighted by atomic mass is 35.5. The molecule has 0 radical (unpaired) electrons. The predicted octanol–water partition coefficient (Wildman–Crippen LogP) is 4.77. The van der Waals surface area contributed by atoms with E-state index < -0.39 is 0 Å². The minimum Gasteiger partial charge on any atom is -0.325 e. The van der Waals surface area contributed by atoms with Crippen LogP contribution in [0.2, 0.25) is 10.0 Å². The first-order valence-corrected chi connectivity index (χ1v) is 9.82. The molecule has 2 N–H and O–H groups in total. The van der Waals surface area contributed by atoms with Crippen LogP contribution in [0.15, 0.2) is 65.7 Å². The standard InChI is InChI=1S/C19H14Cl2N4O2S/c20-13-8-14(21)10-15(9-13)22-17(26)11-28-18-7-6-16(24-25-18)23-19(27)12-4-2-1-3-5-12/h1-10H,11H2,(H,22,26)(H,23,24,27). The van der Waals surface area contributed by atoms with Crippen LogP contribution in [0.3, 0.4) is 0 Å². The third-order valence-corrected chi connectivity index (χ3v) is 4.77. The summed E-state index contributed by atoms with van der Waals surface area (Å²) in [6, 6.07) is 16.9. The van der Waals surface area contributed by atoms with Crippen LogP contribution in [0.1, 0.15) is 10.4 Å². The van der Waals surface area contributed by atoms with Gasteiger partial charge in [-0.3, -0.25) is 9.59 Å². The van der Waals surface area contributed by atoms with E-state index in [0.717, 1.165) is 0 Å². The lowest BCUT2D eigenvalue weighted by atomic mass is 10.2. The Balaban J connectivity index is 1.51. The first-order valence-electron chi connectivity index (χ1n) is 8.08. The molecule has 142 valence electrons. The van der Waals surface area contributed by atoms with Gasteiger partial charge in [0, 0.05) is 21.3 Å². The van der Waals surface area contributed by atoms with E-state index in [2.05, 4.69) is 20.8 Å². The minimum atomic E-state index is -0.269. The largest absolute Gasteiger partial charge is 0.325 e. The third kappa shape index (κ3) is 5.95. The number of nitrogens with zero attached hydrogens (tertiary/aromatic N) is 2. The number of hydrogen-bond acceptors (Lipinski definition) is 5. The van der Waals surface area contributed by atoms with E-state index in [4.69, 9.17) is 23.2 Å². The predicted molar refractivity (Wildman–Crippen MR) is 112 cm³/mol. The molecular formula is C19H14Cl2N4O2S. The third-order valence-electron chi connectivity index (χ3n) is 3.42. The van der Waals surface area contributed by atoms with Gasteiger partial charge < -0.3 is 10.6 Å². The Morgan fingerprint density at radius 2 is 1.61 bits per heavy atom. The van der Waals surface area contributed by atoms with E-state index >= 15 is 0 Å². The Labute approximate surface area is 175 Å². The number of halogens is 2. The molecule has 0 unspecified atom stereocenters. The average Bonchev–Trinajstić information content (AvgIpc) is 2.67. The number of benzene rings is 2. The number of anilines is 2. The number of hydrogen-bond donors (Lipinski definition) is 2. The van der Waals surface area contributed by atoms with Crippen LogP contribution in [-0.4, -0.2) is 27.8 Å². The molecule has 0 fully saturated rings.